The molecular formula is C49H93N3O2. The monoisotopic (exact) mass is 756 g/mol. The van der Waals surface area contributed by atoms with E-state index in [0.29, 0.717) is 13.0 Å². The molecule has 5 nitrogen and oxygen atoms in total. The van der Waals surface area contributed by atoms with Crippen LogP contribution in [0.5, 0.6) is 0 Å². The number of unbranched alkanes of at least 4 members (excludes halogenated alkanes) is 25. The lowest BCUT2D eigenvalue weighted by molar-refractivity contribution is -0.141. The second-order valence-electron chi connectivity index (χ2n) is 16.7. The van der Waals surface area contributed by atoms with Crippen LogP contribution in [0.15, 0.2) is 24.3 Å². The third-order valence-corrected chi connectivity index (χ3v) is 11.6. The van der Waals surface area contributed by atoms with Crippen LogP contribution in [-0.4, -0.2) is 60.4 Å². The molecule has 1 saturated heterocycles. The highest BCUT2D eigenvalue weighted by atomic mass is 16.2. The van der Waals surface area contributed by atoms with E-state index in [1.165, 1.54) is 154 Å². The van der Waals surface area contributed by atoms with Gasteiger partial charge in [-0.05, 0) is 77.3 Å². The van der Waals surface area contributed by atoms with Crippen LogP contribution in [0.25, 0.3) is 0 Å². The molecule has 1 unspecified atom stereocenters. The number of allylic oxidation sites excluding steroid dienone is 4. The largest absolute Gasteiger partial charge is 0.354 e. The highest BCUT2D eigenvalue weighted by Gasteiger charge is 2.29. The predicted molar refractivity (Wildman–Crippen MR) is 237 cm³/mol. The molecule has 1 fully saturated rings. The summed E-state index contributed by atoms with van der Waals surface area (Å²) in [6, 6.07) is -0.328. The standard InChI is InChI=1S/C49H93N3O2/c1-4-7-10-12-14-16-18-20-22-24-26-28-30-32-34-37-42-50-49(54)47(40-35-9-6-3)52(46-45-51-43-38-39-44-51)48(53)41-36-33-31-29-27-25-23-21-19-17-15-13-11-8-5-2/h15,17,21,23,47H,4-14,16,18-20,22,24-46H2,1-3H3,(H,50,54)/b17-15-,23-21-. The fourth-order valence-electron chi connectivity index (χ4n) is 7.96. The fraction of sp³-hybridized carbons (Fsp3) is 0.878. The number of carbonyl (C=O) groups is 2. The smallest absolute Gasteiger partial charge is 0.242 e. The number of carbonyl (C=O) groups excluding carboxylic acids is 2. The quantitative estimate of drug-likeness (QED) is 0.0500. The Labute approximate surface area is 337 Å². The van der Waals surface area contributed by atoms with Gasteiger partial charge in [0.15, 0.2) is 0 Å². The van der Waals surface area contributed by atoms with Gasteiger partial charge in [0.2, 0.25) is 11.8 Å². The molecule has 0 aromatic heterocycles. The average Bonchev–Trinajstić information content (AvgIpc) is 3.70. The zero-order valence-electron chi connectivity index (χ0n) is 36.7. The maximum absolute atomic E-state index is 13.8. The molecule has 1 N–H and O–H groups in total. The van der Waals surface area contributed by atoms with Gasteiger partial charge in [-0.1, -0.05) is 193 Å². The minimum Gasteiger partial charge on any atom is -0.354 e. The normalized spacial score (nSPS) is 14.1. The van der Waals surface area contributed by atoms with Crippen LogP contribution in [0.1, 0.15) is 239 Å². The van der Waals surface area contributed by atoms with Crippen LogP contribution in [0.2, 0.25) is 0 Å². The highest BCUT2D eigenvalue weighted by molar-refractivity contribution is 5.87. The second kappa shape index (κ2) is 39.6. The summed E-state index contributed by atoms with van der Waals surface area (Å²) < 4.78 is 0. The lowest BCUT2D eigenvalue weighted by Crippen LogP contribution is -2.51. The lowest BCUT2D eigenvalue weighted by atomic mass is 10.0. The summed E-state index contributed by atoms with van der Waals surface area (Å²) in [5, 5.41) is 3.29. The Hall–Kier alpha value is -1.62. The van der Waals surface area contributed by atoms with E-state index >= 15 is 0 Å². The highest BCUT2D eigenvalue weighted by Crippen LogP contribution is 2.18. The van der Waals surface area contributed by atoms with Gasteiger partial charge >= 0.3 is 0 Å². The number of hydrogen-bond acceptors (Lipinski definition) is 3. The Bertz CT molecular complexity index is 880. The molecule has 316 valence electrons. The summed E-state index contributed by atoms with van der Waals surface area (Å²) in [4.78, 5) is 32.0. The lowest BCUT2D eigenvalue weighted by Gasteiger charge is -2.33. The van der Waals surface area contributed by atoms with Crippen LogP contribution < -0.4 is 5.32 Å². The Morgan fingerprint density at radius 3 is 1.56 bits per heavy atom. The molecule has 0 bridgehead atoms. The van der Waals surface area contributed by atoms with Crippen molar-refractivity contribution in [2.24, 2.45) is 0 Å². The van der Waals surface area contributed by atoms with E-state index in [4.69, 9.17) is 0 Å². The molecule has 1 aliphatic heterocycles. The number of rotatable bonds is 40. The molecule has 0 aromatic rings. The van der Waals surface area contributed by atoms with Crippen molar-refractivity contribution in [1.82, 2.24) is 15.1 Å². The van der Waals surface area contributed by atoms with E-state index in [0.717, 1.165) is 84.0 Å². The van der Waals surface area contributed by atoms with Crippen molar-refractivity contribution in [1.29, 1.82) is 0 Å². The van der Waals surface area contributed by atoms with E-state index in [2.05, 4.69) is 55.3 Å². The molecule has 1 atom stereocenters. The van der Waals surface area contributed by atoms with Crippen LogP contribution in [0, 0.1) is 0 Å². The van der Waals surface area contributed by atoms with E-state index in [9.17, 15) is 9.59 Å². The molecule has 0 aliphatic carbocycles. The average molecular weight is 756 g/mol. The molecule has 1 aliphatic rings. The van der Waals surface area contributed by atoms with Crippen molar-refractivity contribution in [2.45, 2.75) is 245 Å². The third kappa shape index (κ3) is 30.6. The number of nitrogens with zero attached hydrogens (tertiary/aromatic N) is 2. The molecule has 0 radical (unpaired) electrons. The summed E-state index contributed by atoms with van der Waals surface area (Å²) in [5.74, 6) is 0.279. The van der Waals surface area contributed by atoms with Gasteiger partial charge in [0, 0.05) is 26.1 Å². The van der Waals surface area contributed by atoms with Crippen molar-refractivity contribution >= 4 is 11.8 Å². The van der Waals surface area contributed by atoms with Crippen molar-refractivity contribution in [3.05, 3.63) is 24.3 Å². The van der Waals surface area contributed by atoms with Crippen molar-refractivity contribution in [3.8, 4) is 0 Å². The SMILES string of the molecule is CCCCC/C=C\C/C=C\CCCCCCCC(=O)N(CCN1CCCC1)C(CCCCC)C(=O)NCCCCCCCCCCCCCCCCCC. The molecule has 0 aromatic carbocycles. The molecule has 1 rings (SSSR count). The second-order valence-corrected chi connectivity index (χ2v) is 16.7. The van der Waals surface area contributed by atoms with Crippen LogP contribution in [-0.2, 0) is 9.59 Å². The minimum absolute atomic E-state index is 0.0851. The summed E-state index contributed by atoms with van der Waals surface area (Å²) in [6.45, 7) is 11.3. The molecule has 0 saturated carbocycles. The first kappa shape index (κ1) is 50.4. The molecule has 0 spiro atoms. The Morgan fingerprint density at radius 1 is 0.556 bits per heavy atom. The fourth-order valence-corrected chi connectivity index (χ4v) is 7.96. The van der Waals surface area contributed by atoms with Gasteiger partial charge in [0.1, 0.15) is 6.04 Å². The molecule has 1 heterocycles. The number of amides is 2. The summed E-state index contributed by atoms with van der Waals surface area (Å²) in [6.07, 6.45) is 51.1. The van der Waals surface area contributed by atoms with E-state index in [-0.39, 0.29) is 17.9 Å². The topological polar surface area (TPSA) is 52.7 Å². The Morgan fingerprint density at radius 2 is 1.00 bits per heavy atom. The van der Waals surface area contributed by atoms with Gasteiger partial charge < -0.3 is 15.1 Å². The molecule has 54 heavy (non-hydrogen) atoms. The van der Waals surface area contributed by atoms with Crippen molar-refractivity contribution in [3.63, 3.8) is 0 Å². The minimum atomic E-state index is -0.328. The number of nitrogens with one attached hydrogen (secondary N) is 1. The molecule has 2 amide bonds. The number of likely N-dealkylation sites (tertiary alicyclic amines) is 1. The zero-order valence-corrected chi connectivity index (χ0v) is 36.7. The van der Waals surface area contributed by atoms with Crippen LogP contribution in [0.4, 0.5) is 0 Å². The summed E-state index contributed by atoms with van der Waals surface area (Å²) in [7, 11) is 0. The summed E-state index contributed by atoms with van der Waals surface area (Å²) >= 11 is 0. The first-order valence-corrected chi connectivity index (χ1v) is 24.2. The molecule has 5 heteroatoms. The first-order chi connectivity index (χ1) is 26.6. The van der Waals surface area contributed by atoms with E-state index in [1.807, 2.05) is 4.90 Å². The van der Waals surface area contributed by atoms with E-state index in [1.54, 1.807) is 0 Å². The van der Waals surface area contributed by atoms with Crippen molar-refractivity contribution < 1.29 is 9.59 Å². The van der Waals surface area contributed by atoms with Gasteiger partial charge in [0.25, 0.3) is 0 Å². The van der Waals surface area contributed by atoms with Gasteiger partial charge in [-0.2, -0.15) is 0 Å². The maximum atomic E-state index is 13.8. The van der Waals surface area contributed by atoms with Crippen LogP contribution in [0.3, 0.4) is 0 Å². The summed E-state index contributed by atoms with van der Waals surface area (Å²) in [5.41, 5.74) is 0. The van der Waals surface area contributed by atoms with Gasteiger partial charge in [-0.15, -0.1) is 0 Å². The maximum Gasteiger partial charge on any atom is 0.242 e. The third-order valence-electron chi connectivity index (χ3n) is 11.6. The first-order valence-electron chi connectivity index (χ1n) is 24.2. The zero-order chi connectivity index (χ0) is 39.0. The van der Waals surface area contributed by atoms with E-state index < -0.39 is 0 Å². The Balaban J connectivity index is 2.38. The van der Waals surface area contributed by atoms with Crippen LogP contribution >= 0.6 is 0 Å². The van der Waals surface area contributed by atoms with Gasteiger partial charge in [0.05, 0.1) is 0 Å². The Kier molecular flexibility index (Phi) is 37.0. The van der Waals surface area contributed by atoms with Gasteiger partial charge in [-0.25, -0.2) is 0 Å². The van der Waals surface area contributed by atoms with Gasteiger partial charge in [-0.3, -0.25) is 9.59 Å². The number of hydrogen-bond donors (Lipinski definition) is 1. The van der Waals surface area contributed by atoms with Crippen molar-refractivity contribution in [2.75, 3.05) is 32.7 Å². The predicted octanol–water partition coefficient (Wildman–Crippen LogP) is 14.1. The molecular weight excluding hydrogens is 663 g/mol.